The van der Waals surface area contributed by atoms with Crippen LogP contribution in [0.3, 0.4) is 0 Å². The van der Waals surface area contributed by atoms with Crippen LogP contribution in [0.5, 0.6) is 0 Å². The third kappa shape index (κ3) is 12.3. The summed E-state index contributed by atoms with van der Waals surface area (Å²) in [6, 6.07) is 51.9. The van der Waals surface area contributed by atoms with Gasteiger partial charge in [0, 0.05) is 66.1 Å². The van der Waals surface area contributed by atoms with E-state index in [9.17, 15) is 33.6 Å². The van der Waals surface area contributed by atoms with Crippen LogP contribution in [-0.4, -0.2) is 65.9 Å². The monoisotopic (exact) mass is 1120 g/mol. The Hall–Kier alpha value is -9.95. The number of likely N-dealkylation sites (tertiary alicyclic amines) is 1. The van der Waals surface area contributed by atoms with Crippen LogP contribution in [0.15, 0.2) is 164 Å². The molecule has 4 aliphatic rings. The number of carbonyl (C=O) groups excluding carboxylic acids is 7. The van der Waals surface area contributed by atoms with E-state index in [1.807, 2.05) is 95.9 Å². The van der Waals surface area contributed by atoms with Gasteiger partial charge in [0.1, 0.15) is 0 Å². The molecule has 14 nitrogen and oxygen atoms in total. The van der Waals surface area contributed by atoms with Gasteiger partial charge >= 0.3 is 0 Å². The SMILES string of the molecule is NC(=O)CNC(=O)c1ccc(CNC(=O)c2ccc3c4c(cccc24)CC3)cc1.NC(=O)c1cccc(CNC(=O)c2ccc3c4c(cccc24)CC3)c1.O=C(NCc1ccc(C(=O)N2CCCCC2)cc1)c1ccc2c3c(cccc13)CC2. The Labute approximate surface area is 487 Å². The largest absolute Gasteiger partial charge is 0.368 e. The molecule has 1 fully saturated rings. The van der Waals surface area contributed by atoms with Crippen molar-refractivity contribution in [1.29, 1.82) is 0 Å². The molecule has 1 heterocycles. The predicted molar refractivity (Wildman–Crippen MR) is 327 cm³/mol. The molecule has 0 atom stereocenters. The number of primary amides is 2. The number of piperidine rings is 1. The molecule has 0 bridgehead atoms. The number of nitrogens with two attached hydrogens (primary N) is 2. The summed E-state index contributed by atoms with van der Waals surface area (Å²) in [6.45, 7) is 2.65. The molecule has 0 radical (unpaired) electrons. The Bertz CT molecular complexity index is 4040. The normalized spacial score (nSPS) is 13.3. The maximum atomic E-state index is 12.9. The molecule has 8 N–H and O–H groups in total. The Morgan fingerprint density at radius 1 is 0.369 bits per heavy atom. The molecule has 0 aromatic heterocycles. The van der Waals surface area contributed by atoms with Gasteiger partial charge < -0.3 is 37.6 Å². The van der Waals surface area contributed by atoms with E-state index in [-0.39, 0.29) is 36.1 Å². The molecule has 422 valence electrons. The second-order valence-corrected chi connectivity index (χ2v) is 21.8. The van der Waals surface area contributed by atoms with Crippen molar-refractivity contribution in [3.05, 3.63) is 247 Å². The third-order valence-corrected chi connectivity index (χ3v) is 16.4. The minimum Gasteiger partial charge on any atom is -0.368 e. The smallest absolute Gasteiger partial charge is 0.253 e. The van der Waals surface area contributed by atoms with Crippen LogP contribution in [0.4, 0.5) is 0 Å². The van der Waals surface area contributed by atoms with E-state index in [1.165, 1.54) is 56.0 Å². The molecule has 1 aliphatic heterocycles. The number of carbonyl (C=O) groups is 7. The van der Waals surface area contributed by atoms with Crippen molar-refractivity contribution in [3.8, 4) is 0 Å². The number of amides is 7. The molecule has 14 heteroatoms. The molecule has 3 aliphatic carbocycles. The van der Waals surface area contributed by atoms with E-state index < -0.39 is 11.8 Å². The van der Waals surface area contributed by atoms with E-state index in [4.69, 9.17) is 11.5 Å². The molecule has 0 saturated carbocycles. The van der Waals surface area contributed by atoms with Gasteiger partial charge in [-0.15, -0.1) is 0 Å². The van der Waals surface area contributed by atoms with Gasteiger partial charge in [0.2, 0.25) is 11.8 Å². The van der Waals surface area contributed by atoms with Crippen molar-refractivity contribution in [2.45, 2.75) is 77.4 Å². The second kappa shape index (κ2) is 25.0. The van der Waals surface area contributed by atoms with Crippen LogP contribution in [0, 0.1) is 0 Å². The fourth-order valence-corrected chi connectivity index (χ4v) is 12.1. The zero-order valence-corrected chi connectivity index (χ0v) is 46.7. The fourth-order valence-electron chi connectivity index (χ4n) is 12.1. The van der Waals surface area contributed by atoms with Gasteiger partial charge in [0.15, 0.2) is 0 Å². The second-order valence-electron chi connectivity index (χ2n) is 21.8. The topological polar surface area (TPSA) is 223 Å². The van der Waals surface area contributed by atoms with Crippen LogP contribution in [0.2, 0.25) is 0 Å². The minimum absolute atomic E-state index is 0.0564. The van der Waals surface area contributed by atoms with Gasteiger partial charge in [0.05, 0.1) is 6.54 Å². The number of rotatable bonds is 14. The Balaban J connectivity index is 0.000000132. The molecule has 0 spiro atoms. The minimum atomic E-state index is -0.597. The van der Waals surface area contributed by atoms with Crippen LogP contribution in [0.1, 0.15) is 131 Å². The van der Waals surface area contributed by atoms with E-state index in [0.717, 1.165) is 108 Å². The maximum Gasteiger partial charge on any atom is 0.253 e. The lowest BCUT2D eigenvalue weighted by molar-refractivity contribution is -0.117. The zero-order chi connectivity index (χ0) is 58.3. The Kier molecular flexibility index (Phi) is 16.7. The van der Waals surface area contributed by atoms with Crippen molar-refractivity contribution in [2.24, 2.45) is 11.5 Å². The van der Waals surface area contributed by atoms with Gasteiger partial charge in [-0.25, -0.2) is 0 Å². The highest BCUT2D eigenvalue weighted by Gasteiger charge is 2.23. The molecule has 84 heavy (non-hydrogen) atoms. The van der Waals surface area contributed by atoms with Crippen molar-refractivity contribution in [3.63, 3.8) is 0 Å². The number of nitrogens with one attached hydrogen (secondary N) is 4. The summed E-state index contributed by atoms with van der Waals surface area (Å²) in [5, 5.41) is 18.1. The predicted octanol–water partition coefficient (Wildman–Crippen LogP) is 9.55. The fraction of sp³-hybridized carbons (Fsp3) is 0.214. The molecular formula is C70H65N7O7. The number of benzene rings is 9. The average molecular weight is 1120 g/mol. The summed E-state index contributed by atoms with van der Waals surface area (Å²) in [6.07, 6.45) is 9.63. The summed E-state index contributed by atoms with van der Waals surface area (Å²) >= 11 is 0. The lowest BCUT2D eigenvalue weighted by Gasteiger charge is -2.26. The highest BCUT2D eigenvalue weighted by molar-refractivity contribution is 6.11. The summed E-state index contributed by atoms with van der Waals surface area (Å²) < 4.78 is 0. The Morgan fingerprint density at radius 3 is 1.18 bits per heavy atom. The van der Waals surface area contributed by atoms with E-state index in [0.29, 0.717) is 41.9 Å². The first-order valence-corrected chi connectivity index (χ1v) is 28.7. The van der Waals surface area contributed by atoms with Crippen LogP contribution in [0.25, 0.3) is 32.3 Å². The number of nitrogens with zero attached hydrogens (tertiary/aromatic N) is 1. The van der Waals surface area contributed by atoms with Crippen molar-refractivity contribution < 1.29 is 33.6 Å². The van der Waals surface area contributed by atoms with Gasteiger partial charge in [-0.2, -0.15) is 0 Å². The van der Waals surface area contributed by atoms with E-state index in [2.05, 4.69) is 51.6 Å². The Morgan fingerprint density at radius 2 is 0.762 bits per heavy atom. The van der Waals surface area contributed by atoms with E-state index >= 15 is 0 Å². The maximum absolute atomic E-state index is 12.9. The van der Waals surface area contributed by atoms with Gasteiger partial charge in [-0.1, -0.05) is 109 Å². The molecule has 0 unspecified atom stereocenters. The summed E-state index contributed by atoms with van der Waals surface area (Å²) in [5.41, 5.74) is 24.6. The van der Waals surface area contributed by atoms with E-state index in [1.54, 1.807) is 42.5 Å². The highest BCUT2D eigenvalue weighted by Crippen LogP contribution is 2.35. The lowest BCUT2D eigenvalue weighted by atomic mass is 9.99. The summed E-state index contributed by atoms with van der Waals surface area (Å²) in [5.74, 6) is -1.62. The molecule has 13 rings (SSSR count). The van der Waals surface area contributed by atoms with Gasteiger partial charge in [-0.05, 0) is 195 Å². The third-order valence-electron chi connectivity index (χ3n) is 16.4. The average Bonchev–Trinajstić information content (AvgIpc) is 4.43. The number of hydrogen-bond donors (Lipinski definition) is 6. The quantitative estimate of drug-likeness (QED) is 0.0618. The molecule has 7 amide bonds. The number of hydrogen-bond acceptors (Lipinski definition) is 7. The molecule has 9 aromatic rings. The zero-order valence-electron chi connectivity index (χ0n) is 46.7. The summed E-state index contributed by atoms with van der Waals surface area (Å²) in [7, 11) is 0. The van der Waals surface area contributed by atoms with Crippen molar-refractivity contribution in [2.75, 3.05) is 19.6 Å². The van der Waals surface area contributed by atoms with Gasteiger partial charge in [-0.3, -0.25) is 33.6 Å². The molecular weight excluding hydrogens is 1050 g/mol. The van der Waals surface area contributed by atoms with Crippen molar-refractivity contribution >= 4 is 73.7 Å². The highest BCUT2D eigenvalue weighted by atomic mass is 16.2. The van der Waals surface area contributed by atoms with Crippen LogP contribution >= 0.6 is 0 Å². The first-order valence-electron chi connectivity index (χ1n) is 28.7. The number of aryl methyl sites for hydroxylation is 6. The van der Waals surface area contributed by atoms with Gasteiger partial charge in [0.25, 0.3) is 29.5 Å². The molecule has 1 saturated heterocycles. The first kappa shape index (κ1) is 55.9. The summed E-state index contributed by atoms with van der Waals surface area (Å²) in [4.78, 5) is 86.8. The lowest BCUT2D eigenvalue weighted by Crippen LogP contribution is -2.35. The van der Waals surface area contributed by atoms with Crippen molar-refractivity contribution in [1.82, 2.24) is 26.2 Å². The van der Waals surface area contributed by atoms with Crippen LogP contribution < -0.4 is 32.7 Å². The standard InChI is InChI=1S/C26H26N2O2.C23H21N3O3.C21H18N2O2/c29-25(23-14-13-20-12-11-19-5-4-6-22(23)24(19)20)27-17-18-7-9-21(10-8-18)26(30)28-15-2-1-3-16-28;24-20(27)13-26-22(28)17-6-4-14(5-7-17)12-25-23(29)19-11-10-16-9-8-15-2-1-3-18(19)21(15)16;22-20(24)16-5-1-3-13(11-16)12-23-21(25)18-10-9-15-8-7-14-4-2-6-17(18)19(14)15/h4-10,13-14H,1-3,11-12,15-17H2,(H,27,29);1-7,10-11H,8-9,12-13H2,(H2,24,27)(H,25,29)(H,26,28);1-6,9-11H,7-8,12H2,(H2,22,24)(H,23,25). The molecule has 9 aromatic carbocycles. The first-order chi connectivity index (χ1) is 40.9. The van der Waals surface area contributed by atoms with Crippen LogP contribution in [-0.2, 0) is 63.0 Å².